The number of benzene rings is 2. The van der Waals surface area contributed by atoms with Crippen LogP contribution in [0.2, 0.25) is 5.02 Å². The van der Waals surface area contributed by atoms with Gasteiger partial charge in [0.2, 0.25) is 0 Å². The van der Waals surface area contributed by atoms with Gasteiger partial charge in [-0.25, -0.2) is 0 Å². The first-order chi connectivity index (χ1) is 11.1. The average Bonchev–Trinajstić information content (AvgIpc) is 2.55. The zero-order chi connectivity index (χ0) is 16.7. The highest BCUT2D eigenvalue weighted by Gasteiger charge is 2.11. The van der Waals surface area contributed by atoms with Crippen molar-refractivity contribution in [3.05, 3.63) is 58.1 Å². The molecule has 0 spiro atoms. The lowest BCUT2D eigenvalue weighted by molar-refractivity contribution is 0.294. The van der Waals surface area contributed by atoms with E-state index in [-0.39, 0.29) is 0 Å². The van der Waals surface area contributed by atoms with Crippen LogP contribution in [0.1, 0.15) is 30.0 Å². The number of rotatable bonds is 8. The minimum atomic E-state index is 0.588. The normalized spacial score (nSPS) is 10.6. The van der Waals surface area contributed by atoms with E-state index in [4.69, 9.17) is 21.1 Å². The van der Waals surface area contributed by atoms with Crippen LogP contribution in [0.4, 0.5) is 0 Å². The minimum absolute atomic E-state index is 0.588. The van der Waals surface area contributed by atoms with E-state index >= 15 is 0 Å². The predicted octanol–water partition coefficient (Wildman–Crippen LogP) is 4.74. The third kappa shape index (κ3) is 5.15. The van der Waals surface area contributed by atoms with E-state index in [2.05, 4.69) is 43.4 Å². The largest absolute Gasteiger partial charge is 0.493 e. The van der Waals surface area contributed by atoms with Gasteiger partial charge in [-0.3, -0.25) is 0 Å². The SMILES string of the molecule is CCCOc1c(Cl)cc(CNCc2ccc(C)cc2)cc1OC. The van der Waals surface area contributed by atoms with E-state index in [0.717, 1.165) is 25.1 Å². The predicted molar refractivity (Wildman–Crippen MR) is 95.5 cm³/mol. The Morgan fingerprint density at radius 1 is 1.04 bits per heavy atom. The summed E-state index contributed by atoms with van der Waals surface area (Å²) in [7, 11) is 1.63. The minimum Gasteiger partial charge on any atom is -0.493 e. The fraction of sp³-hybridized carbons (Fsp3) is 0.368. The number of nitrogens with one attached hydrogen (secondary N) is 1. The maximum absolute atomic E-state index is 6.33. The number of halogens is 1. The molecule has 2 rings (SSSR count). The summed E-state index contributed by atoms with van der Waals surface area (Å²) in [6, 6.07) is 12.4. The Bertz CT molecular complexity index is 626. The van der Waals surface area contributed by atoms with Crippen molar-refractivity contribution in [3.63, 3.8) is 0 Å². The molecule has 2 aromatic carbocycles. The molecule has 3 nitrogen and oxygen atoms in total. The van der Waals surface area contributed by atoms with E-state index in [1.54, 1.807) is 7.11 Å². The van der Waals surface area contributed by atoms with Gasteiger partial charge in [0, 0.05) is 13.1 Å². The van der Waals surface area contributed by atoms with Crippen molar-refractivity contribution in [1.29, 1.82) is 0 Å². The van der Waals surface area contributed by atoms with Crippen LogP contribution in [0.15, 0.2) is 36.4 Å². The van der Waals surface area contributed by atoms with Crippen molar-refractivity contribution in [3.8, 4) is 11.5 Å². The van der Waals surface area contributed by atoms with Gasteiger partial charge >= 0.3 is 0 Å². The van der Waals surface area contributed by atoms with Crippen LogP contribution in [-0.4, -0.2) is 13.7 Å². The molecule has 2 aromatic rings. The second kappa shape index (κ2) is 8.80. The quantitative estimate of drug-likeness (QED) is 0.757. The Morgan fingerprint density at radius 3 is 2.39 bits per heavy atom. The van der Waals surface area contributed by atoms with Gasteiger partial charge in [-0.2, -0.15) is 0 Å². The lowest BCUT2D eigenvalue weighted by Crippen LogP contribution is -2.13. The summed E-state index contributed by atoms with van der Waals surface area (Å²) in [4.78, 5) is 0. The molecule has 0 amide bonds. The lowest BCUT2D eigenvalue weighted by atomic mass is 10.1. The summed E-state index contributed by atoms with van der Waals surface area (Å²) >= 11 is 6.33. The Balaban J connectivity index is 1.99. The second-order valence-corrected chi connectivity index (χ2v) is 5.95. The first-order valence-electron chi connectivity index (χ1n) is 7.89. The summed E-state index contributed by atoms with van der Waals surface area (Å²) in [5.41, 5.74) is 3.60. The molecule has 0 radical (unpaired) electrons. The van der Waals surface area contributed by atoms with Crippen LogP contribution in [0.5, 0.6) is 11.5 Å². The Labute approximate surface area is 143 Å². The monoisotopic (exact) mass is 333 g/mol. The third-order valence-corrected chi connectivity index (χ3v) is 3.80. The Morgan fingerprint density at radius 2 is 1.74 bits per heavy atom. The van der Waals surface area contributed by atoms with Crippen molar-refractivity contribution in [2.24, 2.45) is 0 Å². The van der Waals surface area contributed by atoms with Gasteiger partial charge in [-0.05, 0) is 36.6 Å². The highest BCUT2D eigenvalue weighted by atomic mass is 35.5. The van der Waals surface area contributed by atoms with Crippen molar-refractivity contribution in [2.75, 3.05) is 13.7 Å². The van der Waals surface area contributed by atoms with Crippen molar-refractivity contribution in [2.45, 2.75) is 33.4 Å². The topological polar surface area (TPSA) is 30.5 Å². The summed E-state index contributed by atoms with van der Waals surface area (Å²) in [5.74, 6) is 1.30. The maximum atomic E-state index is 6.33. The van der Waals surface area contributed by atoms with Gasteiger partial charge < -0.3 is 14.8 Å². The van der Waals surface area contributed by atoms with E-state index < -0.39 is 0 Å². The van der Waals surface area contributed by atoms with Crippen molar-refractivity contribution < 1.29 is 9.47 Å². The summed E-state index contributed by atoms with van der Waals surface area (Å²) < 4.78 is 11.1. The van der Waals surface area contributed by atoms with Gasteiger partial charge in [0.05, 0.1) is 18.7 Å². The van der Waals surface area contributed by atoms with Crippen LogP contribution in [0.3, 0.4) is 0 Å². The molecule has 0 bridgehead atoms. The molecule has 4 heteroatoms. The fourth-order valence-electron chi connectivity index (χ4n) is 2.28. The summed E-state index contributed by atoms with van der Waals surface area (Å²) in [6.45, 7) is 6.31. The highest BCUT2D eigenvalue weighted by molar-refractivity contribution is 6.32. The zero-order valence-corrected chi connectivity index (χ0v) is 14.7. The van der Waals surface area contributed by atoms with Crippen LogP contribution >= 0.6 is 11.6 Å². The van der Waals surface area contributed by atoms with Gasteiger partial charge in [-0.1, -0.05) is 48.4 Å². The zero-order valence-electron chi connectivity index (χ0n) is 14.0. The molecule has 124 valence electrons. The number of hydrogen-bond acceptors (Lipinski definition) is 3. The molecule has 0 fully saturated rings. The number of methoxy groups -OCH3 is 1. The molecule has 0 unspecified atom stereocenters. The van der Waals surface area contributed by atoms with E-state index in [1.807, 2.05) is 12.1 Å². The van der Waals surface area contributed by atoms with E-state index in [0.29, 0.717) is 23.1 Å². The molecular formula is C19H24ClNO2. The Hall–Kier alpha value is -1.71. The first kappa shape index (κ1) is 17.6. The number of hydrogen-bond donors (Lipinski definition) is 1. The molecule has 0 saturated carbocycles. The van der Waals surface area contributed by atoms with Crippen molar-refractivity contribution >= 4 is 11.6 Å². The summed E-state index contributed by atoms with van der Waals surface area (Å²) in [6.07, 6.45) is 0.930. The third-order valence-electron chi connectivity index (χ3n) is 3.52. The van der Waals surface area contributed by atoms with Gasteiger partial charge in [0.15, 0.2) is 11.5 Å². The van der Waals surface area contributed by atoms with E-state index in [1.165, 1.54) is 11.1 Å². The summed E-state index contributed by atoms with van der Waals surface area (Å²) in [5, 5.41) is 4.01. The molecule has 1 N–H and O–H groups in total. The lowest BCUT2D eigenvalue weighted by Gasteiger charge is -2.14. The second-order valence-electron chi connectivity index (χ2n) is 5.55. The van der Waals surface area contributed by atoms with Crippen LogP contribution in [-0.2, 0) is 13.1 Å². The molecule has 0 aromatic heterocycles. The van der Waals surface area contributed by atoms with Gasteiger partial charge in [0.1, 0.15) is 0 Å². The molecule has 0 atom stereocenters. The van der Waals surface area contributed by atoms with Crippen LogP contribution in [0.25, 0.3) is 0 Å². The standard InChI is InChI=1S/C19H24ClNO2/c1-4-9-23-19-17(20)10-16(11-18(19)22-3)13-21-12-15-7-5-14(2)6-8-15/h5-8,10-11,21H,4,9,12-13H2,1-3H3. The first-order valence-corrected chi connectivity index (χ1v) is 8.27. The number of aryl methyl sites for hydroxylation is 1. The molecule has 0 heterocycles. The van der Waals surface area contributed by atoms with Gasteiger partial charge in [0.25, 0.3) is 0 Å². The molecule has 0 saturated heterocycles. The number of ether oxygens (including phenoxy) is 2. The molecule has 0 aliphatic carbocycles. The smallest absolute Gasteiger partial charge is 0.179 e. The molecule has 0 aliphatic rings. The van der Waals surface area contributed by atoms with Crippen molar-refractivity contribution in [1.82, 2.24) is 5.32 Å². The molecule has 23 heavy (non-hydrogen) atoms. The van der Waals surface area contributed by atoms with Crippen LogP contribution < -0.4 is 14.8 Å². The molecule has 0 aliphatic heterocycles. The highest BCUT2D eigenvalue weighted by Crippen LogP contribution is 2.36. The van der Waals surface area contributed by atoms with Crippen LogP contribution in [0, 0.1) is 6.92 Å². The average molecular weight is 334 g/mol. The maximum Gasteiger partial charge on any atom is 0.179 e. The Kier molecular flexibility index (Phi) is 6.75. The van der Waals surface area contributed by atoms with E-state index in [9.17, 15) is 0 Å². The molecular weight excluding hydrogens is 310 g/mol. The fourth-order valence-corrected chi connectivity index (χ4v) is 2.56. The van der Waals surface area contributed by atoms with Gasteiger partial charge in [-0.15, -0.1) is 0 Å².